The molecule has 0 atom stereocenters. The molecule has 0 spiro atoms. The first-order valence-corrected chi connectivity index (χ1v) is 11.8. The number of likely N-dealkylation sites (N-methyl/N-ethyl adjacent to an activating group) is 1. The summed E-state index contributed by atoms with van der Waals surface area (Å²) in [5.41, 5.74) is 0.901. The zero-order valence-electron chi connectivity index (χ0n) is 17.5. The van der Waals surface area contributed by atoms with Gasteiger partial charge in [-0.1, -0.05) is 23.7 Å². The van der Waals surface area contributed by atoms with Crippen molar-refractivity contribution in [2.45, 2.75) is 17.7 Å². The van der Waals surface area contributed by atoms with E-state index in [0.717, 1.165) is 6.42 Å². The van der Waals surface area contributed by atoms with Crippen LogP contribution in [0.4, 0.5) is 11.4 Å². The molecule has 170 valence electrons. The Bertz CT molecular complexity index is 1140. The summed E-state index contributed by atoms with van der Waals surface area (Å²) in [5.74, 6) is -0.237. The van der Waals surface area contributed by atoms with E-state index < -0.39 is 10.0 Å². The Hall–Kier alpha value is -2.95. The maximum Gasteiger partial charge on any atom is 0.262 e. The van der Waals surface area contributed by atoms with Crippen molar-refractivity contribution in [2.75, 3.05) is 37.3 Å². The highest BCUT2D eigenvalue weighted by Gasteiger charge is 2.19. The Morgan fingerprint density at radius 1 is 1.03 bits per heavy atom. The van der Waals surface area contributed by atoms with Gasteiger partial charge in [0.05, 0.1) is 18.0 Å². The molecule has 0 saturated carbocycles. The van der Waals surface area contributed by atoms with Gasteiger partial charge in [0.25, 0.3) is 10.0 Å². The number of amides is 2. The monoisotopic (exact) mass is 477 g/mol. The lowest BCUT2D eigenvalue weighted by molar-refractivity contribution is -0.119. The number of carbonyl (C=O) groups excluding carboxylic acids is 2. The summed E-state index contributed by atoms with van der Waals surface area (Å²) in [6.07, 6.45) is 1.41. The van der Waals surface area contributed by atoms with Gasteiger partial charge < -0.3 is 10.6 Å². The number of anilines is 2. The van der Waals surface area contributed by atoms with E-state index in [4.69, 9.17) is 11.6 Å². The van der Waals surface area contributed by atoms with Gasteiger partial charge in [-0.3, -0.25) is 24.2 Å². The largest absolute Gasteiger partial charge is 0.325 e. The fourth-order valence-corrected chi connectivity index (χ4v) is 4.42. The lowest BCUT2D eigenvalue weighted by atomic mass is 10.3. The highest BCUT2D eigenvalue weighted by Crippen LogP contribution is 2.17. The molecule has 2 amide bonds. The van der Waals surface area contributed by atoms with Crippen molar-refractivity contribution < 1.29 is 18.0 Å². The molecule has 11 heteroatoms. The van der Waals surface area contributed by atoms with Crippen LogP contribution in [0.25, 0.3) is 0 Å². The lowest BCUT2D eigenvalue weighted by Gasteiger charge is -2.16. The molecule has 0 bridgehead atoms. The molecule has 0 radical (unpaired) electrons. The SMILES string of the molecule is CN(CC(=O)Nc1cccc(Cl)c1)CC(=O)Nc1cccc(S(=O)(=O)NC2=NCCC2)c1. The van der Waals surface area contributed by atoms with Gasteiger partial charge in [0, 0.05) is 29.4 Å². The third kappa shape index (κ3) is 7.04. The number of hydrogen-bond acceptors (Lipinski definition) is 6. The molecule has 3 N–H and O–H groups in total. The minimum absolute atomic E-state index is 0.0135. The van der Waals surface area contributed by atoms with Crippen LogP contribution in [0.2, 0.25) is 5.02 Å². The van der Waals surface area contributed by atoms with Gasteiger partial charge in [-0.25, -0.2) is 8.42 Å². The third-order valence-corrected chi connectivity index (χ3v) is 6.10. The minimum Gasteiger partial charge on any atom is -0.325 e. The van der Waals surface area contributed by atoms with Gasteiger partial charge in [0.15, 0.2) is 0 Å². The zero-order chi connectivity index (χ0) is 23.1. The number of nitrogens with zero attached hydrogens (tertiary/aromatic N) is 2. The first-order chi connectivity index (χ1) is 15.2. The topological polar surface area (TPSA) is 120 Å². The summed E-state index contributed by atoms with van der Waals surface area (Å²) >= 11 is 5.90. The molecule has 3 rings (SSSR count). The number of nitrogens with one attached hydrogen (secondary N) is 3. The summed E-state index contributed by atoms with van der Waals surface area (Å²) < 4.78 is 27.5. The summed E-state index contributed by atoms with van der Waals surface area (Å²) in [4.78, 5) is 30.2. The summed E-state index contributed by atoms with van der Waals surface area (Å²) in [5, 5.41) is 5.87. The summed E-state index contributed by atoms with van der Waals surface area (Å²) in [7, 11) is -2.15. The number of rotatable bonds is 8. The van der Waals surface area contributed by atoms with Crippen LogP contribution in [0.3, 0.4) is 0 Å². The van der Waals surface area contributed by atoms with Crippen molar-refractivity contribution in [3.63, 3.8) is 0 Å². The van der Waals surface area contributed by atoms with Crippen molar-refractivity contribution in [3.8, 4) is 0 Å². The van der Waals surface area contributed by atoms with Crippen LogP contribution in [0, 0.1) is 0 Å². The lowest BCUT2D eigenvalue weighted by Crippen LogP contribution is -2.36. The molecule has 32 heavy (non-hydrogen) atoms. The average Bonchev–Trinajstić information content (AvgIpc) is 3.20. The molecule has 1 heterocycles. The first-order valence-electron chi connectivity index (χ1n) is 9.91. The van der Waals surface area contributed by atoms with Crippen LogP contribution >= 0.6 is 11.6 Å². The molecule has 0 saturated heterocycles. The summed E-state index contributed by atoms with van der Waals surface area (Å²) in [6, 6.07) is 12.7. The van der Waals surface area contributed by atoms with Crippen LogP contribution in [0.1, 0.15) is 12.8 Å². The van der Waals surface area contributed by atoms with E-state index in [9.17, 15) is 18.0 Å². The van der Waals surface area contributed by atoms with E-state index >= 15 is 0 Å². The molecule has 2 aromatic rings. The van der Waals surface area contributed by atoms with E-state index in [2.05, 4.69) is 20.3 Å². The van der Waals surface area contributed by atoms with Crippen molar-refractivity contribution in [1.29, 1.82) is 0 Å². The second-order valence-corrected chi connectivity index (χ2v) is 9.46. The Labute approximate surface area is 191 Å². The summed E-state index contributed by atoms with van der Waals surface area (Å²) in [6.45, 7) is 0.536. The number of benzene rings is 2. The number of aliphatic imine (C=N–C) groups is 1. The second kappa shape index (κ2) is 10.6. The fraction of sp³-hybridized carbons (Fsp3) is 0.286. The van der Waals surface area contributed by atoms with Gasteiger partial charge in [-0.05, 0) is 49.9 Å². The van der Waals surface area contributed by atoms with E-state index in [0.29, 0.717) is 35.2 Å². The quantitative estimate of drug-likeness (QED) is 0.539. The molecule has 0 aliphatic carbocycles. The van der Waals surface area contributed by atoms with Gasteiger partial charge in [0.2, 0.25) is 11.8 Å². The normalized spacial score (nSPS) is 13.5. The highest BCUT2D eigenvalue weighted by atomic mass is 35.5. The van der Waals surface area contributed by atoms with Crippen LogP contribution in [0.5, 0.6) is 0 Å². The molecule has 1 aliphatic heterocycles. The fourth-order valence-electron chi connectivity index (χ4n) is 3.09. The smallest absolute Gasteiger partial charge is 0.262 e. The highest BCUT2D eigenvalue weighted by molar-refractivity contribution is 7.90. The molecule has 0 fully saturated rings. The van der Waals surface area contributed by atoms with Crippen molar-refractivity contribution in [3.05, 3.63) is 53.6 Å². The maximum atomic E-state index is 12.5. The Morgan fingerprint density at radius 3 is 2.25 bits per heavy atom. The van der Waals surface area contributed by atoms with E-state index in [1.807, 2.05) is 0 Å². The van der Waals surface area contributed by atoms with Crippen LogP contribution < -0.4 is 15.4 Å². The second-order valence-electron chi connectivity index (χ2n) is 7.34. The predicted octanol–water partition coefficient (Wildman–Crippen LogP) is 2.32. The number of sulfonamides is 1. The Morgan fingerprint density at radius 2 is 1.66 bits per heavy atom. The third-order valence-electron chi connectivity index (χ3n) is 4.49. The van der Waals surface area contributed by atoms with Gasteiger partial charge in [-0.15, -0.1) is 0 Å². The first kappa shape index (κ1) is 23.7. The Balaban J connectivity index is 1.53. The molecule has 2 aromatic carbocycles. The zero-order valence-corrected chi connectivity index (χ0v) is 19.0. The van der Waals surface area contributed by atoms with Crippen molar-refractivity contribution in [2.24, 2.45) is 4.99 Å². The Kier molecular flexibility index (Phi) is 7.84. The number of halogens is 1. The average molecular weight is 478 g/mol. The van der Waals surface area contributed by atoms with E-state index in [1.54, 1.807) is 43.4 Å². The molecule has 0 unspecified atom stereocenters. The molecule has 0 aromatic heterocycles. The van der Waals surface area contributed by atoms with Gasteiger partial charge >= 0.3 is 0 Å². The number of carbonyl (C=O) groups is 2. The molecular weight excluding hydrogens is 454 g/mol. The number of hydrogen-bond donors (Lipinski definition) is 3. The van der Waals surface area contributed by atoms with Crippen LogP contribution in [0.15, 0.2) is 58.4 Å². The van der Waals surface area contributed by atoms with Crippen LogP contribution in [-0.2, 0) is 19.6 Å². The molecule has 1 aliphatic rings. The number of amidine groups is 1. The maximum absolute atomic E-state index is 12.5. The predicted molar refractivity (Wildman–Crippen MR) is 125 cm³/mol. The van der Waals surface area contributed by atoms with Gasteiger partial charge in [0.1, 0.15) is 5.84 Å². The standard InChI is InChI=1S/C21H24ClN5O4S/c1-27(13-20(28)24-16-6-2-5-15(22)11-16)14-21(29)25-17-7-3-8-18(12-17)32(30,31)26-19-9-4-10-23-19/h2-3,5-8,11-12H,4,9-10,13-14H2,1H3,(H,23,26)(H,24,28)(H,25,29). The minimum atomic E-state index is -3.78. The molecule has 9 nitrogen and oxygen atoms in total. The molecular formula is C21H24ClN5O4S. The van der Waals surface area contributed by atoms with Crippen LogP contribution in [-0.4, -0.2) is 57.6 Å². The van der Waals surface area contributed by atoms with Gasteiger partial charge in [-0.2, -0.15) is 0 Å². The van der Waals surface area contributed by atoms with E-state index in [1.165, 1.54) is 17.0 Å². The van der Waals surface area contributed by atoms with Crippen molar-refractivity contribution >= 4 is 50.6 Å². The van der Waals surface area contributed by atoms with Crippen molar-refractivity contribution in [1.82, 2.24) is 9.62 Å². The van der Waals surface area contributed by atoms with E-state index in [-0.39, 0.29) is 29.8 Å².